The van der Waals surface area contributed by atoms with Gasteiger partial charge in [-0.1, -0.05) is 20.3 Å². The van der Waals surface area contributed by atoms with E-state index in [4.69, 9.17) is 5.73 Å². The van der Waals surface area contributed by atoms with Gasteiger partial charge in [-0.3, -0.25) is 0 Å². The molecule has 1 heterocycles. The average molecular weight is 227 g/mol. The number of thiazole rings is 1. The Labute approximate surface area is 96.1 Å². The number of hydrogen-bond acceptors (Lipinski definition) is 4. The quantitative estimate of drug-likeness (QED) is 0.748. The molecule has 0 radical (unpaired) electrons. The number of rotatable bonds is 7. The van der Waals surface area contributed by atoms with Crippen molar-refractivity contribution in [2.24, 2.45) is 5.73 Å². The molecule has 0 aliphatic carbocycles. The first-order valence-electron chi connectivity index (χ1n) is 5.59. The van der Waals surface area contributed by atoms with Crippen molar-refractivity contribution in [1.29, 1.82) is 0 Å². The van der Waals surface area contributed by atoms with Gasteiger partial charge in [0, 0.05) is 36.6 Å². The van der Waals surface area contributed by atoms with Gasteiger partial charge in [-0.2, -0.15) is 0 Å². The van der Waals surface area contributed by atoms with Crippen LogP contribution in [0.25, 0.3) is 0 Å². The van der Waals surface area contributed by atoms with Crippen LogP contribution in [0.2, 0.25) is 0 Å². The predicted octanol–water partition coefficient (Wildman–Crippen LogP) is 1.96. The molecule has 1 aromatic heterocycles. The minimum Gasteiger partial charge on any atom is -0.327 e. The Morgan fingerprint density at radius 1 is 1.53 bits per heavy atom. The van der Waals surface area contributed by atoms with E-state index in [9.17, 15) is 0 Å². The van der Waals surface area contributed by atoms with Crippen LogP contribution in [0.3, 0.4) is 0 Å². The summed E-state index contributed by atoms with van der Waals surface area (Å²) in [5, 5.41) is 6.62. The predicted molar refractivity (Wildman–Crippen MR) is 66.3 cm³/mol. The highest BCUT2D eigenvalue weighted by atomic mass is 32.1. The Kier molecular flexibility index (Phi) is 5.83. The lowest BCUT2D eigenvalue weighted by Gasteiger charge is -2.14. The average Bonchev–Trinajstić information content (AvgIpc) is 2.70. The van der Waals surface area contributed by atoms with E-state index in [2.05, 4.69) is 24.1 Å². The first kappa shape index (κ1) is 12.6. The zero-order valence-electron chi connectivity index (χ0n) is 9.57. The van der Waals surface area contributed by atoms with E-state index in [1.54, 1.807) is 11.3 Å². The van der Waals surface area contributed by atoms with Crippen LogP contribution in [0.5, 0.6) is 0 Å². The van der Waals surface area contributed by atoms with Crippen LogP contribution in [0.15, 0.2) is 11.6 Å². The van der Waals surface area contributed by atoms with Gasteiger partial charge in [0.25, 0.3) is 0 Å². The molecule has 3 N–H and O–H groups in total. The molecule has 1 aromatic rings. The smallest absolute Gasteiger partial charge is 0.0965 e. The van der Waals surface area contributed by atoms with E-state index >= 15 is 0 Å². The molecule has 0 aromatic carbocycles. The first-order valence-corrected chi connectivity index (χ1v) is 6.47. The summed E-state index contributed by atoms with van der Waals surface area (Å²) >= 11 is 1.72. The molecule has 4 heteroatoms. The van der Waals surface area contributed by atoms with Gasteiger partial charge in [-0.15, -0.1) is 11.3 Å². The van der Waals surface area contributed by atoms with Gasteiger partial charge in [0.15, 0.2) is 0 Å². The van der Waals surface area contributed by atoms with Crippen molar-refractivity contribution in [3.05, 3.63) is 16.6 Å². The summed E-state index contributed by atoms with van der Waals surface area (Å²) in [5.41, 5.74) is 5.91. The second kappa shape index (κ2) is 6.93. The molecule has 3 nitrogen and oxygen atoms in total. The van der Waals surface area contributed by atoms with Crippen LogP contribution in [-0.2, 0) is 0 Å². The maximum absolute atomic E-state index is 5.91. The van der Waals surface area contributed by atoms with Crippen LogP contribution in [0.4, 0.5) is 0 Å². The Morgan fingerprint density at radius 2 is 2.33 bits per heavy atom. The van der Waals surface area contributed by atoms with Crippen LogP contribution in [0, 0.1) is 0 Å². The van der Waals surface area contributed by atoms with Crippen LogP contribution >= 0.6 is 11.3 Å². The van der Waals surface area contributed by atoms with Crippen molar-refractivity contribution in [2.45, 2.75) is 38.6 Å². The molecular weight excluding hydrogens is 206 g/mol. The lowest BCUT2D eigenvalue weighted by molar-refractivity contribution is 0.520. The van der Waals surface area contributed by atoms with E-state index < -0.39 is 0 Å². The van der Waals surface area contributed by atoms with E-state index in [-0.39, 0.29) is 0 Å². The molecule has 2 unspecified atom stereocenters. The normalized spacial score (nSPS) is 15.1. The Hall–Kier alpha value is -0.450. The van der Waals surface area contributed by atoms with Gasteiger partial charge in [0.1, 0.15) is 0 Å². The fraction of sp³-hybridized carbons (Fsp3) is 0.727. The third kappa shape index (κ3) is 4.73. The Bertz CT molecular complexity index is 248. The number of nitrogens with one attached hydrogen (secondary N) is 1. The maximum atomic E-state index is 5.91. The Morgan fingerprint density at radius 3 is 2.93 bits per heavy atom. The van der Waals surface area contributed by atoms with Crippen molar-refractivity contribution in [3.8, 4) is 0 Å². The number of nitrogens with zero attached hydrogens (tertiary/aromatic N) is 1. The first-order chi connectivity index (χ1) is 7.24. The molecule has 0 bridgehead atoms. The maximum Gasteiger partial charge on any atom is 0.0965 e. The van der Waals surface area contributed by atoms with Gasteiger partial charge in [-0.25, -0.2) is 4.98 Å². The second-order valence-corrected chi connectivity index (χ2v) is 4.90. The van der Waals surface area contributed by atoms with Crippen molar-refractivity contribution in [3.63, 3.8) is 0 Å². The lowest BCUT2D eigenvalue weighted by atomic mass is 10.1. The molecule has 86 valence electrons. The van der Waals surface area contributed by atoms with Gasteiger partial charge >= 0.3 is 0 Å². The highest BCUT2D eigenvalue weighted by Crippen LogP contribution is 2.16. The monoisotopic (exact) mass is 227 g/mol. The summed E-state index contributed by atoms with van der Waals surface area (Å²) in [5.74, 6) is 0.485. The SMILES string of the molecule is CCCC(N)CNCC(C)c1nccs1. The molecule has 0 fully saturated rings. The fourth-order valence-electron chi connectivity index (χ4n) is 1.52. The van der Waals surface area contributed by atoms with Crippen molar-refractivity contribution >= 4 is 11.3 Å². The van der Waals surface area contributed by atoms with Gasteiger partial charge in [0.2, 0.25) is 0 Å². The van der Waals surface area contributed by atoms with E-state index in [1.165, 1.54) is 5.01 Å². The zero-order chi connectivity index (χ0) is 11.1. The third-order valence-corrected chi connectivity index (χ3v) is 3.40. The van der Waals surface area contributed by atoms with Crippen LogP contribution < -0.4 is 11.1 Å². The number of aromatic nitrogens is 1. The zero-order valence-corrected chi connectivity index (χ0v) is 10.4. The van der Waals surface area contributed by atoms with Crippen molar-refractivity contribution < 1.29 is 0 Å². The highest BCUT2D eigenvalue weighted by molar-refractivity contribution is 7.09. The van der Waals surface area contributed by atoms with Crippen LogP contribution in [0.1, 0.15) is 37.6 Å². The standard InChI is InChI=1S/C11H21N3S/c1-3-4-10(12)8-13-7-9(2)11-14-5-6-15-11/h5-6,9-10,13H,3-4,7-8,12H2,1-2H3. The molecule has 0 saturated heterocycles. The highest BCUT2D eigenvalue weighted by Gasteiger charge is 2.08. The van der Waals surface area contributed by atoms with E-state index in [1.807, 2.05) is 11.6 Å². The summed E-state index contributed by atoms with van der Waals surface area (Å²) in [6.07, 6.45) is 4.11. The third-order valence-electron chi connectivity index (χ3n) is 2.39. The van der Waals surface area contributed by atoms with Crippen molar-refractivity contribution in [2.75, 3.05) is 13.1 Å². The molecule has 1 rings (SSSR count). The lowest BCUT2D eigenvalue weighted by Crippen LogP contribution is -2.35. The molecule has 0 spiro atoms. The molecular formula is C11H21N3S. The fourth-order valence-corrected chi connectivity index (χ4v) is 2.22. The summed E-state index contributed by atoms with van der Waals surface area (Å²) in [6.45, 7) is 6.23. The molecule has 0 amide bonds. The summed E-state index contributed by atoms with van der Waals surface area (Å²) in [6, 6.07) is 0.290. The number of hydrogen-bond donors (Lipinski definition) is 2. The summed E-state index contributed by atoms with van der Waals surface area (Å²) < 4.78 is 0. The molecule has 15 heavy (non-hydrogen) atoms. The molecule has 2 atom stereocenters. The number of nitrogens with two attached hydrogens (primary N) is 1. The van der Waals surface area contributed by atoms with E-state index in [0.29, 0.717) is 12.0 Å². The summed E-state index contributed by atoms with van der Waals surface area (Å²) in [7, 11) is 0. The molecule has 0 saturated carbocycles. The molecule has 0 aliphatic heterocycles. The Balaban J connectivity index is 2.15. The second-order valence-electron chi connectivity index (χ2n) is 3.98. The molecule has 0 aliphatic rings. The van der Waals surface area contributed by atoms with Crippen LogP contribution in [-0.4, -0.2) is 24.1 Å². The summed E-state index contributed by atoms with van der Waals surface area (Å²) in [4.78, 5) is 4.30. The van der Waals surface area contributed by atoms with Gasteiger partial charge in [0.05, 0.1) is 5.01 Å². The van der Waals surface area contributed by atoms with Crippen molar-refractivity contribution in [1.82, 2.24) is 10.3 Å². The minimum atomic E-state index is 0.290. The largest absolute Gasteiger partial charge is 0.327 e. The van der Waals surface area contributed by atoms with Gasteiger partial charge < -0.3 is 11.1 Å². The van der Waals surface area contributed by atoms with E-state index in [0.717, 1.165) is 25.9 Å². The topological polar surface area (TPSA) is 50.9 Å². The minimum absolute atomic E-state index is 0.290. The van der Waals surface area contributed by atoms with Gasteiger partial charge in [-0.05, 0) is 6.42 Å².